The van der Waals surface area contributed by atoms with E-state index >= 15 is 0 Å². The molecular weight excluding hydrogens is 259 g/mol. The van der Waals surface area contributed by atoms with E-state index in [-0.39, 0.29) is 16.6 Å². The second-order valence-electron chi connectivity index (χ2n) is 3.79. The summed E-state index contributed by atoms with van der Waals surface area (Å²) in [6.45, 7) is 0. The Morgan fingerprint density at radius 3 is 2.18 bits per heavy atom. The molecule has 0 spiro atoms. The monoisotopic (exact) mass is 268 g/mol. The first-order chi connectivity index (χ1) is 8.16. The third-order valence-electron chi connectivity index (χ3n) is 2.72. The fourth-order valence-electron chi connectivity index (χ4n) is 1.86. The van der Waals surface area contributed by atoms with Gasteiger partial charge in [-0.25, -0.2) is 0 Å². The minimum Gasteiger partial charge on any atom is -0.289 e. The third kappa shape index (κ3) is 2.15. The molecule has 0 saturated carbocycles. The summed E-state index contributed by atoms with van der Waals surface area (Å²) in [7, 11) is 0. The lowest BCUT2D eigenvalue weighted by Crippen LogP contribution is -2.20. The number of fused-ring (bicyclic) bond motifs is 1. The quantitative estimate of drug-likeness (QED) is 0.786. The molecule has 2 rings (SSSR count). The number of carbonyl (C=O) groups is 2. The van der Waals surface area contributed by atoms with Crippen LogP contribution in [0, 0.1) is 0 Å². The van der Waals surface area contributed by atoms with Crippen molar-refractivity contribution in [1.29, 1.82) is 0 Å². The largest absolute Gasteiger partial charge is 0.289 e. The summed E-state index contributed by atoms with van der Waals surface area (Å²) in [5, 5.41) is 0.0406. The predicted molar refractivity (Wildman–Crippen MR) is 67.9 cm³/mol. The molecule has 0 aromatic heterocycles. The van der Waals surface area contributed by atoms with Crippen molar-refractivity contribution in [1.82, 2.24) is 0 Å². The van der Waals surface area contributed by atoms with Gasteiger partial charge >= 0.3 is 0 Å². The summed E-state index contributed by atoms with van der Waals surface area (Å²) >= 11 is 11.5. The molecule has 4 heteroatoms. The Labute approximate surface area is 109 Å². The zero-order chi connectivity index (χ0) is 12.4. The Morgan fingerprint density at radius 1 is 1.00 bits per heavy atom. The van der Waals surface area contributed by atoms with Crippen LogP contribution in [0.4, 0.5) is 0 Å². The predicted octanol–water partition coefficient (Wildman–Crippen LogP) is 3.58. The second kappa shape index (κ2) is 5.03. The van der Waals surface area contributed by atoms with Crippen LogP contribution in [0.5, 0.6) is 0 Å². The van der Waals surface area contributed by atoms with Crippen LogP contribution >= 0.6 is 23.2 Å². The normalized spacial score (nSPS) is 15.2. The Hall–Kier alpha value is -1.12. The van der Waals surface area contributed by atoms with E-state index in [1.165, 1.54) is 0 Å². The molecule has 0 fully saturated rings. The molecule has 0 N–H and O–H groups in total. The van der Waals surface area contributed by atoms with E-state index in [1.54, 1.807) is 24.3 Å². The highest BCUT2D eigenvalue weighted by Crippen LogP contribution is 2.30. The number of halogens is 2. The molecule has 1 aromatic carbocycles. The fraction of sp³-hybridized carbons (Fsp3) is 0.231. The molecule has 0 heterocycles. The first-order valence-corrected chi connectivity index (χ1v) is 6.21. The van der Waals surface area contributed by atoms with Gasteiger partial charge in [0.15, 0.2) is 5.78 Å². The molecule has 88 valence electrons. The maximum Gasteiger partial charge on any atom is 0.205 e. The van der Waals surface area contributed by atoms with Gasteiger partial charge in [-0.3, -0.25) is 9.59 Å². The Bertz CT molecular complexity index is 518. The number of allylic oxidation sites excluding steroid dienone is 2. The van der Waals surface area contributed by atoms with Gasteiger partial charge in [0.2, 0.25) is 5.78 Å². The van der Waals surface area contributed by atoms with Gasteiger partial charge in [0.05, 0.1) is 5.03 Å². The van der Waals surface area contributed by atoms with Crippen molar-refractivity contribution < 1.29 is 9.59 Å². The van der Waals surface area contributed by atoms with Crippen LogP contribution in [0.1, 0.15) is 33.6 Å². The number of hydrogen-bond acceptors (Lipinski definition) is 2. The number of ketones is 2. The van der Waals surface area contributed by atoms with Gasteiger partial charge < -0.3 is 0 Å². The average Bonchev–Trinajstić information content (AvgIpc) is 2.36. The van der Waals surface area contributed by atoms with E-state index in [0.29, 0.717) is 35.4 Å². The summed E-state index contributed by atoms with van der Waals surface area (Å²) < 4.78 is 0. The third-order valence-corrected chi connectivity index (χ3v) is 3.38. The molecule has 1 aliphatic rings. The molecular formula is C13H10Cl2O2. The topological polar surface area (TPSA) is 34.1 Å². The first-order valence-electron chi connectivity index (χ1n) is 5.30. The molecule has 2 nitrogen and oxygen atoms in total. The molecule has 0 unspecified atom stereocenters. The molecule has 0 radical (unpaired) electrons. The van der Waals surface area contributed by atoms with Crippen LogP contribution in [0.25, 0.3) is 0 Å². The van der Waals surface area contributed by atoms with E-state index in [9.17, 15) is 9.59 Å². The Morgan fingerprint density at radius 2 is 1.59 bits per heavy atom. The minimum absolute atomic E-state index is 0.0406. The van der Waals surface area contributed by atoms with Crippen molar-refractivity contribution in [3.05, 3.63) is 46.0 Å². The molecule has 0 aliphatic heterocycles. The van der Waals surface area contributed by atoms with Crippen LogP contribution in [-0.4, -0.2) is 17.4 Å². The molecule has 0 saturated heterocycles. The van der Waals surface area contributed by atoms with Gasteiger partial charge in [-0.1, -0.05) is 35.9 Å². The summed E-state index contributed by atoms with van der Waals surface area (Å²) in [6.07, 6.45) is 1.08. The molecule has 0 bridgehead atoms. The number of hydrogen-bond donors (Lipinski definition) is 0. The number of rotatable bonds is 3. The maximum atomic E-state index is 12.1. The summed E-state index contributed by atoms with van der Waals surface area (Å²) in [5.74, 6) is 0.0123. The summed E-state index contributed by atoms with van der Waals surface area (Å²) in [5.41, 5.74) is 1.21. The zero-order valence-electron chi connectivity index (χ0n) is 9.00. The van der Waals surface area contributed by atoms with Crippen LogP contribution in [0.15, 0.2) is 34.9 Å². The van der Waals surface area contributed by atoms with E-state index in [1.807, 2.05) is 0 Å². The number of alkyl halides is 1. The molecule has 0 atom stereocenters. The fourth-order valence-corrected chi connectivity index (χ4v) is 2.28. The van der Waals surface area contributed by atoms with Crippen LogP contribution in [-0.2, 0) is 0 Å². The lowest BCUT2D eigenvalue weighted by atomic mass is 9.87. The van der Waals surface area contributed by atoms with Crippen LogP contribution in [0.3, 0.4) is 0 Å². The molecule has 1 aromatic rings. The van der Waals surface area contributed by atoms with E-state index in [4.69, 9.17) is 23.2 Å². The van der Waals surface area contributed by atoms with Crippen molar-refractivity contribution in [3.8, 4) is 0 Å². The standard InChI is InChI=1S/C13H10Cl2O2/c14-7-3-6-10-11(15)13(17)9-5-2-1-4-8(9)12(10)16/h1-2,4-5H,3,6-7H2. The Kier molecular flexibility index (Phi) is 3.65. The van der Waals surface area contributed by atoms with E-state index < -0.39 is 0 Å². The highest BCUT2D eigenvalue weighted by Gasteiger charge is 2.30. The van der Waals surface area contributed by atoms with Crippen molar-refractivity contribution in [2.45, 2.75) is 12.8 Å². The Balaban J connectivity index is 2.47. The van der Waals surface area contributed by atoms with Gasteiger partial charge in [0.25, 0.3) is 0 Å². The van der Waals surface area contributed by atoms with Gasteiger partial charge in [0, 0.05) is 22.6 Å². The number of benzene rings is 1. The maximum absolute atomic E-state index is 12.1. The van der Waals surface area contributed by atoms with E-state index in [0.717, 1.165) is 0 Å². The minimum atomic E-state index is -0.272. The second-order valence-corrected chi connectivity index (χ2v) is 4.54. The molecule has 1 aliphatic carbocycles. The molecule has 17 heavy (non-hydrogen) atoms. The smallest absolute Gasteiger partial charge is 0.205 e. The van der Waals surface area contributed by atoms with Crippen molar-refractivity contribution in [2.24, 2.45) is 0 Å². The highest BCUT2D eigenvalue weighted by atomic mass is 35.5. The van der Waals surface area contributed by atoms with Crippen molar-refractivity contribution >= 4 is 34.8 Å². The van der Waals surface area contributed by atoms with Gasteiger partial charge in [0.1, 0.15) is 0 Å². The van der Waals surface area contributed by atoms with Crippen molar-refractivity contribution in [3.63, 3.8) is 0 Å². The van der Waals surface area contributed by atoms with Crippen LogP contribution in [0.2, 0.25) is 0 Å². The lowest BCUT2D eigenvalue weighted by molar-refractivity contribution is 0.0978. The highest BCUT2D eigenvalue weighted by molar-refractivity contribution is 6.50. The summed E-state index contributed by atoms with van der Waals surface area (Å²) in [6, 6.07) is 6.73. The molecule has 0 amide bonds. The van der Waals surface area contributed by atoms with Crippen LogP contribution < -0.4 is 0 Å². The lowest BCUT2D eigenvalue weighted by Gasteiger charge is -2.17. The zero-order valence-corrected chi connectivity index (χ0v) is 10.5. The van der Waals surface area contributed by atoms with Crippen molar-refractivity contribution in [2.75, 3.05) is 5.88 Å². The van der Waals surface area contributed by atoms with Gasteiger partial charge in [-0.15, -0.1) is 11.6 Å². The number of carbonyl (C=O) groups excluding carboxylic acids is 2. The SMILES string of the molecule is O=C1C(Cl)=C(CCCCl)C(=O)c2ccccc21. The summed E-state index contributed by atoms with van der Waals surface area (Å²) in [4.78, 5) is 24.1. The first kappa shape index (κ1) is 12.3. The average molecular weight is 269 g/mol. The number of Topliss-reactive ketones (excluding diaryl/α,β-unsaturated/α-hetero) is 2. The van der Waals surface area contributed by atoms with Gasteiger partial charge in [-0.05, 0) is 12.8 Å². The van der Waals surface area contributed by atoms with Gasteiger partial charge in [-0.2, -0.15) is 0 Å². The van der Waals surface area contributed by atoms with E-state index in [2.05, 4.69) is 0 Å².